The summed E-state index contributed by atoms with van der Waals surface area (Å²) in [5, 5.41) is 34.7. The van der Waals surface area contributed by atoms with E-state index in [4.69, 9.17) is 0 Å². The Kier molecular flexibility index (Phi) is 4.65. The van der Waals surface area contributed by atoms with Gasteiger partial charge in [-0.15, -0.1) is 0 Å². The van der Waals surface area contributed by atoms with Crippen molar-refractivity contribution >= 4 is 35.5 Å². The van der Waals surface area contributed by atoms with Gasteiger partial charge in [-0.1, -0.05) is 0 Å². The molecule has 12 nitrogen and oxygen atoms in total. The average molecular weight is 352 g/mol. The second kappa shape index (κ2) is 6.66. The van der Waals surface area contributed by atoms with Crippen LogP contribution < -0.4 is 11.0 Å². The van der Waals surface area contributed by atoms with Gasteiger partial charge in [0.1, 0.15) is 5.56 Å². The number of anilines is 1. The van der Waals surface area contributed by atoms with Crippen LogP contribution >= 0.6 is 12.2 Å². The van der Waals surface area contributed by atoms with E-state index in [1.54, 1.807) is 0 Å². The number of H-pyrrole nitrogens is 2. The number of nitro benzene ring substituents is 2. The number of nitrogens with one attached hydrogen (secondary N) is 3. The van der Waals surface area contributed by atoms with Crippen molar-refractivity contribution in [3.8, 4) is 5.88 Å². The number of hydrazone groups is 1. The summed E-state index contributed by atoms with van der Waals surface area (Å²) in [6.07, 6.45) is 0.921. The van der Waals surface area contributed by atoms with Gasteiger partial charge in [0, 0.05) is 12.1 Å². The van der Waals surface area contributed by atoms with Crippen molar-refractivity contribution in [3.05, 3.63) is 59.1 Å². The highest BCUT2D eigenvalue weighted by Gasteiger charge is 2.16. The lowest BCUT2D eigenvalue weighted by atomic mass is 10.2. The Morgan fingerprint density at radius 2 is 1.75 bits per heavy atom. The summed E-state index contributed by atoms with van der Waals surface area (Å²) < 4.78 is -0.0862. The van der Waals surface area contributed by atoms with Crippen LogP contribution in [0.4, 0.5) is 17.1 Å². The number of aromatic nitrogens is 2. The quantitative estimate of drug-likeness (QED) is 0.269. The monoisotopic (exact) mass is 352 g/mol. The molecular weight excluding hydrogens is 344 g/mol. The van der Waals surface area contributed by atoms with Crippen molar-refractivity contribution < 1.29 is 15.0 Å². The summed E-state index contributed by atoms with van der Waals surface area (Å²) in [6.45, 7) is 0. The SMILES string of the molecule is O=c1[nH]c(=S)[nH]c(O)c1/C=N/Nc1cc([N+](=O)[O-])cc([N+](=O)[O-])c1. The Morgan fingerprint density at radius 3 is 2.25 bits per heavy atom. The number of benzene rings is 1. The zero-order valence-electron chi connectivity index (χ0n) is 11.5. The third kappa shape index (κ3) is 3.77. The third-order valence-electron chi connectivity index (χ3n) is 2.67. The summed E-state index contributed by atoms with van der Waals surface area (Å²) in [5.41, 5.74) is 0.275. The first-order valence-corrected chi connectivity index (χ1v) is 6.47. The minimum absolute atomic E-state index is 0.0491. The van der Waals surface area contributed by atoms with E-state index in [0.717, 1.165) is 24.4 Å². The lowest BCUT2D eigenvalue weighted by Gasteiger charge is -2.01. The molecule has 0 atom stereocenters. The van der Waals surface area contributed by atoms with E-state index in [0.29, 0.717) is 0 Å². The number of hydrogen-bond acceptors (Lipinski definition) is 9. The van der Waals surface area contributed by atoms with Crippen LogP contribution in [0.3, 0.4) is 0 Å². The lowest BCUT2D eigenvalue weighted by Crippen LogP contribution is -2.14. The zero-order valence-corrected chi connectivity index (χ0v) is 12.4. The largest absolute Gasteiger partial charge is 0.494 e. The summed E-state index contributed by atoms with van der Waals surface area (Å²) in [4.78, 5) is 36.1. The molecule has 0 aliphatic carbocycles. The molecule has 1 aromatic carbocycles. The van der Waals surface area contributed by atoms with Crippen LogP contribution in [0.5, 0.6) is 5.88 Å². The molecule has 124 valence electrons. The molecule has 0 aliphatic rings. The summed E-state index contributed by atoms with van der Waals surface area (Å²) in [6, 6.07) is 2.84. The normalized spacial score (nSPS) is 10.7. The van der Waals surface area contributed by atoms with E-state index in [2.05, 4.69) is 32.7 Å². The Balaban J connectivity index is 2.32. The number of nitrogens with zero attached hydrogens (tertiary/aromatic N) is 3. The molecule has 0 fully saturated rings. The van der Waals surface area contributed by atoms with Gasteiger partial charge in [-0.3, -0.25) is 35.4 Å². The molecule has 13 heteroatoms. The van der Waals surface area contributed by atoms with Crippen molar-refractivity contribution in [1.29, 1.82) is 0 Å². The molecule has 0 radical (unpaired) electrons. The molecule has 2 rings (SSSR count). The van der Waals surface area contributed by atoms with E-state index >= 15 is 0 Å². The second-order valence-electron chi connectivity index (χ2n) is 4.29. The van der Waals surface area contributed by atoms with Gasteiger partial charge in [-0.2, -0.15) is 5.10 Å². The summed E-state index contributed by atoms with van der Waals surface area (Å²) in [7, 11) is 0. The van der Waals surface area contributed by atoms with Gasteiger partial charge in [-0.25, -0.2) is 0 Å². The van der Waals surface area contributed by atoms with Crippen LogP contribution in [-0.2, 0) is 0 Å². The minimum Gasteiger partial charge on any atom is -0.494 e. The Hall–Kier alpha value is -3.61. The molecule has 0 saturated carbocycles. The molecule has 2 aromatic rings. The van der Waals surface area contributed by atoms with Crippen LogP contribution in [0.1, 0.15) is 5.56 Å². The lowest BCUT2D eigenvalue weighted by molar-refractivity contribution is -0.394. The molecule has 0 amide bonds. The van der Waals surface area contributed by atoms with Crippen LogP contribution in [0.2, 0.25) is 0 Å². The fourth-order valence-electron chi connectivity index (χ4n) is 1.65. The first-order chi connectivity index (χ1) is 11.3. The van der Waals surface area contributed by atoms with E-state index in [9.17, 15) is 30.1 Å². The molecule has 0 aliphatic heterocycles. The first kappa shape index (κ1) is 16.8. The first-order valence-electron chi connectivity index (χ1n) is 6.06. The topological polar surface area (TPSA) is 180 Å². The van der Waals surface area contributed by atoms with Crippen molar-refractivity contribution in [2.75, 3.05) is 5.43 Å². The molecule has 24 heavy (non-hydrogen) atoms. The summed E-state index contributed by atoms with van der Waals surface area (Å²) in [5.74, 6) is -0.528. The number of aromatic amines is 2. The zero-order chi connectivity index (χ0) is 17.9. The predicted molar refractivity (Wildman–Crippen MR) is 84.9 cm³/mol. The molecule has 4 N–H and O–H groups in total. The van der Waals surface area contributed by atoms with E-state index < -0.39 is 32.7 Å². The highest BCUT2D eigenvalue weighted by molar-refractivity contribution is 7.71. The van der Waals surface area contributed by atoms with Gasteiger partial charge in [0.2, 0.25) is 5.88 Å². The van der Waals surface area contributed by atoms with Crippen LogP contribution in [0.15, 0.2) is 28.1 Å². The number of rotatable bonds is 5. The van der Waals surface area contributed by atoms with Crippen LogP contribution in [0.25, 0.3) is 0 Å². The van der Waals surface area contributed by atoms with Crippen molar-refractivity contribution in [3.63, 3.8) is 0 Å². The number of aromatic hydroxyl groups is 1. The maximum Gasteiger partial charge on any atom is 0.278 e. The molecule has 1 heterocycles. The number of non-ortho nitro benzene ring substituents is 2. The molecule has 1 aromatic heterocycles. The molecule has 0 unspecified atom stereocenters. The number of hydrogen-bond donors (Lipinski definition) is 4. The van der Waals surface area contributed by atoms with Crippen LogP contribution in [-0.4, -0.2) is 31.1 Å². The summed E-state index contributed by atoms with van der Waals surface area (Å²) >= 11 is 4.65. The maximum atomic E-state index is 11.6. The molecule has 0 bridgehead atoms. The van der Waals surface area contributed by atoms with Crippen molar-refractivity contribution in [2.24, 2.45) is 5.10 Å². The van der Waals surface area contributed by atoms with E-state index in [1.165, 1.54) is 0 Å². The van der Waals surface area contributed by atoms with Gasteiger partial charge in [-0.05, 0) is 12.2 Å². The highest BCUT2D eigenvalue weighted by Crippen LogP contribution is 2.25. The minimum atomic E-state index is -0.796. The second-order valence-corrected chi connectivity index (χ2v) is 4.70. The van der Waals surface area contributed by atoms with Crippen molar-refractivity contribution in [2.45, 2.75) is 0 Å². The Bertz CT molecular complexity index is 932. The Labute approximate surface area is 136 Å². The molecule has 0 saturated heterocycles. The fourth-order valence-corrected chi connectivity index (χ4v) is 1.84. The molecular formula is C11H8N6O6S. The standard InChI is InChI=1S/C11H8N6O6S/c18-9-8(10(19)14-11(24)13-9)4-12-15-5-1-6(16(20)21)3-7(2-5)17(22)23/h1-4,15H,(H3,13,14,18,19,24)/b12-4+. The van der Waals surface area contributed by atoms with E-state index in [-0.39, 0.29) is 16.0 Å². The average Bonchev–Trinajstić information content (AvgIpc) is 2.49. The smallest absolute Gasteiger partial charge is 0.278 e. The van der Waals surface area contributed by atoms with E-state index in [1.807, 2.05) is 0 Å². The van der Waals surface area contributed by atoms with Gasteiger partial charge >= 0.3 is 0 Å². The molecule has 0 spiro atoms. The predicted octanol–water partition coefficient (Wildman–Crippen LogP) is 1.40. The Morgan fingerprint density at radius 1 is 1.17 bits per heavy atom. The van der Waals surface area contributed by atoms with Gasteiger partial charge < -0.3 is 10.1 Å². The van der Waals surface area contributed by atoms with Gasteiger partial charge in [0.15, 0.2) is 4.77 Å². The fraction of sp³-hybridized carbons (Fsp3) is 0. The van der Waals surface area contributed by atoms with Crippen LogP contribution in [0, 0.1) is 25.0 Å². The van der Waals surface area contributed by atoms with Gasteiger partial charge in [0.05, 0.1) is 27.8 Å². The number of nitro groups is 2. The van der Waals surface area contributed by atoms with Gasteiger partial charge in [0.25, 0.3) is 16.9 Å². The maximum absolute atomic E-state index is 11.6. The third-order valence-corrected chi connectivity index (χ3v) is 2.87. The highest BCUT2D eigenvalue weighted by atomic mass is 32.1. The van der Waals surface area contributed by atoms with Crippen molar-refractivity contribution in [1.82, 2.24) is 9.97 Å².